The van der Waals surface area contributed by atoms with Crippen LogP contribution in [0, 0.1) is 0 Å². The highest BCUT2D eigenvalue weighted by Crippen LogP contribution is 2.35. The molecule has 2 aromatic carbocycles. The van der Waals surface area contributed by atoms with Crippen molar-refractivity contribution in [3.05, 3.63) is 60.3 Å². The van der Waals surface area contributed by atoms with Crippen molar-refractivity contribution in [3.8, 4) is 5.75 Å². The standard InChI is InChI=1S/C25H26N2O6/c1-25(2,3)33-24(30)27-19-8-6-5-7-15(19)13-20(27)18-14-21(32-23(18)29)22(28)26-16-9-11-17(31-4)12-10-16/h5-13,18,21H,14H2,1-4H3,(H,26,28)/t18-,21-/m1/s1. The SMILES string of the molecule is COc1ccc(NC(=O)[C@H]2C[C@H](c3cc4ccccc4n3C(=O)OC(C)(C)C)C(=O)O2)cc1. The van der Waals surface area contributed by atoms with Crippen molar-refractivity contribution in [2.75, 3.05) is 12.4 Å². The minimum Gasteiger partial charge on any atom is -0.497 e. The summed E-state index contributed by atoms with van der Waals surface area (Å²) in [6, 6.07) is 15.9. The molecule has 0 saturated carbocycles. The minimum absolute atomic E-state index is 0.111. The van der Waals surface area contributed by atoms with Crippen molar-refractivity contribution in [2.45, 2.75) is 44.8 Å². The van der Waals surface area contributed by atoms with Crippen LogP contribution in [-0.4, -0.2) is 41.4 Å². The molecule has 1 fully saturated rings. The Morgan fingerprint density at radius 1 is 1.09 bits per heavy atom. The molecule has 2 heterocycles. The first kappa shape index (κ1) is 22.4. The van der Waals surface area contributed by atoms with Crippen molar-refractivity contribution < 1.29 is 28.6 Å². The van der Waals surface area contributed by atoms with Crippen molar-refractivity contribution >= 4 is 34.6 Å². The molecule has 1 aliphatic rings. The molecule has 1 N–H and O–H groups in total. The zero-order chi connectivity index (χ0) is 23.8. The maximum Gasteiger partial charge on any atom is 0.419 e. The second-order valence-corrected chi connectivity index (χ2v) is 8.88. The number of carbonyl (C=O) groups is 3. The van der Waals surface area contributed by atoms with E-state index in [1.165, 1.54) is 4.57 Å². The molecule has 1 amide bonds. The quantitative estimate of drug-likeness (QED) is 0.589. The fourth-order valence-corrected chi connectivity index (χ4v) is 3.82. The Kier molecular flexibility index (Phi) is 5.84. The van der Waals surface area contributed by atoms with E-state index in [1.54, 1.807) is 64.3 Å². The number of amides is 1. The molecule has 172 valence electrons. The summed E-state index contributed by atoms with van der Waals surface area (Å²) in [6.07, 6.45) is -1.45. The fourth-order valence-electron chi connectivity index (χ4n) is 3.82. The lowest BCUT2D eigenvalue weighted by Crippen LogP contribution is -2.29. The monoisotopic (exact) mass is 450 g/mol. The zero-order valence-electron chi connectivity index (χ0n) is 19.0. The number of fused-ring (bicyclic) bond motifs is 1. The van der Waals surface area contributed by atoms with Crippen molar-refractivity contribution in [1.82, 2.24) is 4.57 Å². The summed E-state index contributed by atoms with van der Waals surface area (Å²) in [4.78, 5) is 38.6. The van der Waals surface area contributed by atoms with Crippen molar-refractivity contribution in [2.24, 2.45) is 0 Å². The van der Waals surface area contributed by atoms with E-state index in [-0.39, 0.29) is 6.42 Å². The fraction of sp³-hybridized carbons (Fsp3) is 0.320. The predicted molar refractivity (Wildman–Crippen MR) is 122 cm³/mol. The van der Waals surface area contributed by atoms with E-state index in [2.05, 4.69) is 5.32 Å². The first-order valence-corrected chi connectivity index (χ1v) is 10.7. The van der Waals surface area contributed by atoms with Crippen LogP contribution in [0.4, 0.5) is 10.5 Å². The van der Waals surface area contributed by atoms with Gasteiger partial charge in [-0.05, 0) is 57.2 Å². The summed E-state index contributed by atoms with van der Waals surface area (Å²) in [7, 11) is 1.56. The van der Waals surface area contributed by atoms with Gasteiger partial charge < -0.3 is 19.5 Å². The van der Waals surface area contributed by atoms with Gasteiger partial charge in [0.25, 0.3) is 5.91 Å². The molecule has 0 spiro atoms. The predicted octanol–water partition coefficient (Wildman–Crippen LogP) is 4.47. The molecule has 2 atom stereocenters. The average molecular weight is 450 g/mol. The summed E-state index contributed by atoms with van der Waals surface area (Å²) in [5.41, 5.74) is 0.913. The Labute approximate surface area is 191 Å². The van der Waals surface area contributed by atoms with Gasteiger partial charge in [0.15, 0.2) is 6.10 Å². The topological polar surface area (TPSA) is 95.9 Å². The lowest BCUT2D eigenvalue weighted by molar-refractivity contribution is -0.147. The maximum absolute atomic E-state index is 13.0. The van der Waals surface area contributed by atoms with Gasteiger partial charge in [0.1, 0.15) is 17.3 Å². The van der Waals surface area contributed by atoms with E-state index < -0.39 is 35.6 Å². The Morgan fingerprint density at radius 3 is 2.45 bits per heavy atom. The van der Waals surface area contributed by atoms with Gasteiger partial charge in [0, 0.05) is 23.2 Å². The molecule has 1 saturated heterocycles. The number of methoxy groups -OCH3 is 1. The summed E-state index contributed by atoms with van der Waals surface area (Å²) < 4.78 is 17.5. The molecule has 0 aliphatic carbocycles. The third kappa shape index (κ3) is 4.69. The average Bonchev–Trinajstić information content (AvgIpc) is 3.33. The Morgan fingerprint density at radius 2 is 1.79 bits per heavy atom. The number of rotatable bonds is 4. The second kappa shape index (κ2) is 8.61. The van der Waals surface area contributed by atoms with Gasteiger partial charge in [0.2, 0.25) is 0 Å². The Hall–Kier alpha value is -3.81. The maximum atomic E-state index is 13.0. The number of aromatic nitrogens is 1. The van der Waals surface area contributed by atoms with Gasteiger partial charge in [-0.3, -0.25) is 9.59 Å². The van der Waals surface area contributed by atoms with E-state index in [0.717, 1.165) is 5.39 Å². The van der Waals surface area contributed by atoms with Crippen LogP contribution >= 0.6 is 0 Å². The van der Waals surface area contributed by atoms with Crippen LogP contribution in [-0.2, 0) is 19.1 Å². The van der Waals surface area contributed by atoms with Gasteiger partial charge >= 0.3 is 12.1 Å². The lowest BCUT2D eigenvalue weighted by atomic mass is 10.0. The number of anilines is 1. The number of cyclic esters (lactones) is 1. The molecular formula is C25H26N2O6. The van der Waals surface area contributed by atoms with E-state index >= 15 is 0 Å². The first-order chi connectivity index (χ1) is 15.7. The van der Waals surface area contributed by atoms with Crippen molar-refractivity contribution in [3.63, 3.8) is 0 Å². The molecular weight excluding hydrogens is 424 g/mol. The highest BCUT2D eigenvalue weighted by molar-refractivity contribution is 5.99. The molecule has 0 unspecified atom stereocenters. The van der Waals surface area contributed by atoms with Gasteiger partial charge in [-0.25, -0.2) is 9.36 Å². The van der Waals surface area contributed by atoms with Gasteiger partial charge in [-0.2, -0.15) is 0 Å². The Balaban J connectivity index is 1.59. The summed E-state index contributed by atoms with van der Waals surface area (Å²) >= 11 is 0. The number of nitrogens with zero attached hydrogens (tertiary/aromatic N) is 1. The van der Waals surface area contributed by atoms with Crippen LogP contribution < -0.4 is 10.1 Å². The van der Waals surface area contributed by atoms with E-state index in [1.807, 2.05) is 18.2 Å². The largest absolute Gasteiger partial charge is 0.497 e. The Bertz CT molecular complexity index is 1210. The number of hydrogen-bond donors (Lipinski definition) is 1. The van der Waals surface area contributed by atoms with E-state index in [9.17, 15) is 14.4 Å². The number of hydrogen-bond acceptors (Lipinski definition) is 6. The third-order valence-corrected chi connectivity index (χ3v) is 5.32. The second-order valence-electron chi connectivity index (χ2n) is 8.88. The number of nitrogens with one attached hydrogen (secondary N) is 1. The van der Waals surface area contributed by atoms with E-state index in [0.29, 0.717) is 22.6 Å². The van der Waals surface area contributed by atoms with Crippen LogP contribution in [0.3, 0.4) is 0 Å². The van der Waals surface area contributed by atoms with Crippen LogP contribution in [0.5, 0.6) is 5.75 Å². The summed E-state index contributed by atoms with van der Waals surface area (Å²) in [5.74, 6) is -1.11. The summed E-state index contributed by atoms with van der Waals surface area (Å²) in [5, 5.41) is 3.54. The summed E-state index contributed by atoms with van der Waals surface area (Å²) in [6.45, 7) is 5.33. The van der Waals surface area contributed by atoms with Crippen LogP contribution in [0.25, 0.3) is 10.9 Å². The number of benzene rings is 2. The van der Waals surface area contributed by atoms with Gasteiger partial charge in [-0.1, -0.05) is 18.2 Å². The van der Waals surface area contributed by atoms with Crippen LogP contribution in [0.1, 0.15) is 38.8 Å². The highest BCUT2D eigenvalue weighted by Gasteiger charge is 2.42. The highest BCUT2D eigenvalue weighted by atomic mass is 16.6. The molecule has 8 nitrogen and oxygen atoms in total. The molecule has 8 heteroatoms. The molecule has 1 aliphatic heterocycles. The molecule has 33 heavy (non-hydrogen) atoms. The molecule has 0 bridgehead atoms. The third-order valence-electron chi connectivity index (χ3n) is 5.32. The lowest BCUT2D eigenvalue weighted by Gasteiger charge is -2.21. The van der Waals surface area contributed by atoms with Crippen molar-refractivity contribution in [1.29, 1.82) is 0 Å². The molecule has 4 rings (SSSR count). The van der Waals surface area contributed by atoms with Crippen LogP contribution in [0.15, 0.2) is 54.6 Å². The first-order valence-electron chi connectivity index (χ1n) is 10.7. The normalized spacial score (nSPS) is 18.1. The zero-order valence-corrected chi connectivity index (χ0v) is 19.0. The van der Waals surface area contributed by atoms with Crippen LogP contribution in [0.2, 0.25) is 0 Å². The minimum atomic E-state index is -0.977. The molecule has 1 aromatic heterocycles. The van der Waals surface area contributed by atoms with E-state index in [4.69, 9.17) is 14.2 Å². The van der Waals surface area contributed by atoms with Gasteiger partial charge in [0.05, 0.1) is 12.6 Å². The smallest absolute Gasteiger partial charge is 0.419 e. The number of esters is 1. The molecule has 0 radical (unpaired) electrons. The molecule has 3 aromatic rings. The van der Waals surface area contributed by atoms with Gasteiger partial charge in [-0.15, -0.1) is 0 Å². The number of ether oxygens (including phenoxy) is 3. The number of para-hydroxylation sites is 1. The number of carbonyl (C=O) groups excluding carboxylic acids is 3.